The number of halogens is 1. The van der Waals surface area contributed by atoms with Crippen LogP contribution in [0.1, 0.15) is 31.1 Å². The maximum Gasteiger partial charge on any atom is 0.338 e. The van der Waals surface area contributed by atoms with Crippen molar-refractivity contribution in [3.8, 4) is 0 Å². The molecule has 0 saturated heterocycles. The van der Waals surface area contributed by atoms with Gasteiger partial charge in [0.25, 0.3) is 11.6 Å². The molecule has 2 aromatic rings. The molecule has 172 valence electrons. The molecule has 0 spiro atoms. The summed E-state index contributed by atoms with van der Waals surface area (Å²) in [6.45, 7) is 5.38. The first-order valence-electron chi connectivity index (χ1n) is 9.57. The number of hydrogen-bond donors (Lipinski definition) is 1. The van der Waals surface area contributed by atoms with Crippen LogP contribution in [0.2, 0.25) is 5.02 Å². The topological polar surface area (TPSA) is 136 Å². The van der Waals surface area contributed by atoms with Gasteiger partial charge in [0.2, 0.25) is 10.0 Å². The third-order valence-electron chi connectivity index (χ3n) is 4.50. The van der Waals surface area contributed by atoms with E-state index in [9.17, 15) is 28.1 Å². The number of anilines is 1. The van der Waals surface area contributed by atoms with Gasteiger partial charge in [-0.15, -0.1) is 0 Å². The van der Waals surface area contributed by atoms with Crippen molar-refractivity contribution in [2.75, 3.05) is 18.4 Å². The van der Waals surface area contributed by atoms with E-state index in [1.54, 1.807) is 13.8 Å². The predicted molar refractivity (Wildman–Crippen MR) is 118 cm³/mol. The molecule has 0 aromatic heterocycles. The number of sulfonamides is 1. The Bertz CT molecular complexity index is 1120. The van der Waals surface area contributed by atoms with Gasteiger partial charge in [0.15, 0.2) is 6.10 Å². The van der Waals surface area contributed by atoms with Crippen LogP contribution < -0.4 is 5.32 Å². The summed E-state index contributed by atoms with van der Waals surface area (Å²) in [4.78, 5) is 35.0. The Morgan fingerprint density at radius 3 is 2.28 bits per heavy atom. The molecule has 0 unspecified atom stereocenters. The lowest BCUT2D eigenvalue weighted by Gasteiger charge is -2.18. The Kier molecular flexibility index (Phi) is 8.31. The Balaban J connectivity index is 2.08. The minimum atomic E-state index is -3.67. The van der Waals surface area contributed by atoms with Gasteiger partial charge >= 0.3 is 5.97 Å². The van der Waals surface area contributed by atoms with Crippen LogP contribution in [0.5, 0.6) is 0 Å². The molecule has 0 saturated carbocycles. The van der Waals surface area contributed by atoms with Crippen molar-refractivity contribution in [1.82, 2.24) is 4.31 Å². The highest BCUT2D eigenvalue weighted by atomic mass is 35.5. The summed E-state index contributed by atoms with van der Waals surface area (Å²) >= 11 is 5.95. The Labute approximate surface area is 190 Å². The second-order valence-corrected chi connectivity index (χ2v) is 8.92. The number of ether oxygens (including phenoxy) is 1. The van der Waals surface area contributed by atoms with Crippen molar-refractivity contribution in [1.29, 1.82) is 0 Å². The predicted octanol–water partition coefficient (Wildman–Crippen LogP) is 3.46. The van der Waals surface area contributed by atoms with E-state index in [2.05, 4.69) is 5.32 Å². The van der Waals surface area contributed by atoms with E-state index >= 15 is 0 Å². The van der Waals surface area contributed by atoms with Crippen LogP contribution in [-0.4, -0.2) is 48.7 Å². The molecule has 0 aliphatic rings. The van der Waals surface area contributed by atoms with Gasteiger partial charge in [0.05, 0.1) is 26.1 Å². The number of amides is 1. The summed E-state index contributed by atoms with van der Waals surface area (Å²) in [5.41, 5.74) is -0.217. The van der Waals surface area contributed by atoms with Gasteiger partial charge in [-0.1, -0.05) is 25.4 Å². The minimum Gasteiger partial charge on any atom is -0.449 e. The van der Waals surface area contributed by atoms with Crippen LogP contribution in [0.4, 0.5) is 11.4 Å². The van der Waals surface area contributed by atoms with Crippen LogP contribution in [-0.2, 0) is 19.6 Å². The van der Waals surface area contributed by atoms with Crippen molar-refractivity contribution >= 4 is 44.9 Å². The van der Waals surface area contributed by atoms with Gasteiger partial charge in [0.1, 0.15) is 0 Å². The number of nitro benzene ring substituents is 1. The molecule has 1 atom stereocenters. The fourth-order valence-electron chi connectivity index (χ4n) is 2.71. The monoisotopic (exact) mass is 483 g/mol. The van der Waals surface area contributed by atoms with E-state index in [4.69, 9.17) is 16.3 Å². The van der Waals surface area contributed by atoms with Crippen LogP contribution in [0.15, 0.2) is 47.4 Å². The van der Waals surface area contributed by atoms with Crippen molar-refractivity contribution in [3.63, 3.8) is 0 Å². The first-order valence-corrected chi connectivity index (χ1v) is 11.4. The molecule has 0 radical (unpaired) electrons. The lowest BCUT2D eigenvalue weighted by atomic mass is 10.2. The zero-order chi connectivity index (χ0) is 24.1. The van der Waals surface area contributed by atoms with Crippen LogP contribution in [0.3, 0.4) is 0 Å². The molecule has 12 heteroatoms. The number of carbonyl (C=O) groups is 2. The summed E-state index contributed by atoms with van der Waals surface area (Å²) in [5.74, 6) is -1.59. The highest BCUT2D eigenvalue weighted by Crippen LogP contribution is 2.27. The van der Waals surface area contributed by atoms with Gasteiger partial charge in [-0.05, 0) is 37.3 Å². The SMILES string of the molecule is CCN(CC)S(=O)(=O)c1ccc(C(=O)O[C@@H](C)C(=O)Nc2cc([N+](=O)[O-])ccc2Cl)cc1. The number of rotatable bonds is 9. The normalized spacial score (nSPS) is 12.3. The zero-order valence-corrected chi connectivity index (χ0v) is 19.1. The number of nitrogens with one attached hydrogen (secondary N) is 1. The van der Waals surface area contributed by atoms with E-state index in [-0.39, 0.29) is 26.9 Å². The van der Waals surface area contributed by atoms with Gasteiger partial charge in [-0.2, -0.15) is 4.31 Å². The highest BCUT2D eigenvalue weighted by Gasteiger charge is 2.24. The van der Waals surface area contributed by atoms with Crippen LogP contribution >= 0.6 is 11.6 Å². The molecule has 0 heterocycles. The Morgan fingerprint density at radius 1 is 1.16 bits per heavy atom. The molecule has 0 fully saturated rings. The summed E-state index contributed by atoms with van der Waals surface area (Å²) in [6, 6.07) is 8.70. The molecule has 1 N–H and O–H groups in total. The fourth-order valence-corrected chi connectivity index (χ4v) is 4.34. The quantitative estimate of drug-likeness (QED) is 0.327. The summed E-state index contributed by atoms with van der Waals surface area (Å²) in [7, 11) is -3.67. The van der Waals surface area contributed by atoms with Gasteiger partial charge in [0, 0.05) is 25.2 Å². The Morgan fingerprint density at radius 2 is 1.75 bits per heavy atom. The molecule has 10 nitrogen and oxygen atoms in total. The highest BCUT2D eigenvalue weighted by molar-refractivity contribution is 7.89. The van der Waals surface area contributed by atoms with Crippen LogP contribution in [0.25, 0.3) is 0 Å². The second kappa shape index (κ2) is 10.5. The van der Waals surface area contributed by atoms with E-state index in [1.165, 1.54) is 47.6 Å². The van der Waals surface area contributed by atoms with Crippen molar-refractivity contribution < 1.29 is 27.7 Å². The standard InChI is InChI=1S/C20H22ClN3O7S/c1-4-23(5-2)32(29,30)16-9-6-14(7-10-16)20(26)31-13(3)19(25)22-18-12-15(24(27)28)8-11-17(18)21/h6-13H,4-5H2,1-3H3,(H,22,25)/t13-/m0/s1. The van der Waals surface area contributed by atoms with Crippen molar-refractivity contribution in [3.05, 3.63) is 63.2 Å². The number of carbonyl (C=O) groups excluding carboxylic acids is 2. The maximum absolute atomic E-state index is 12.5. The Hall–Kier alpha value is -3.02. The third kappa shape index (κ3) is 5.81. The maximum atomic E-state index is 12.5. The van der Waals surface area contributed by atoms with Gasteiger partial charge in [-0.3, -0.25) is 14.9 Å². The van der Waals surface area contributed by atoms with Crippen molar-refractivity contribution in [2.45, 2.75) is 31.8 Å². The van der Waals surface area contributed by atoms with E-state index in [0.29, 0.717) is 13.1 Å². The first-order chi connectivity index (χ1) is 15.0. The molecule has 1 amide bonds. The smallest absolute Gasteiger partial charge is 0.338 e. The third-order valence-corrected chi connectivity index (χ3v) is 6.90. The summed E-state index contributed by atoms with van der Waals surface area (Å²) in [5, 5.41) is 13.3. The first kappa shape index (κ1) is 25.2. The average Bonchev–Trinajstić information content (AvgIpc) is 2.75. The average molecular weight is 484 g/mol. The number of esters is 1. The lowest BCUT2D eigenvalue weighted by molar-refractivity contribution is -0.384. The largest absolute Gasteiger partial charge is 0.449 e. The lowest BCUT2D eigenvalue weighted by Crippen LogP contribution is -2.31. The number of non-ortho nitro benzene ring substituents is 1. The second-order valence-electron chi connectivity index (χ2n) is 6.57. The molecular weight excluding hydrogens is 462 g/mol. The molecule has 0 aliphatic carbocycles. The number of hydrogen-bond acceptors (Lipinski definition) is 7. The zero-order valence-electron chi connectivity index (χ0n) is 17.6. The number of benzene rings is 2. The van der Waals surface area contributed by atoms with E-state index in [0.717, 1.165) is 6.07 Å². The summed E-state index contributed by atoms with van der Waals surface area (Å²) in [6.07, 6.45) is -1.25. The fraction of sp³-hybridized carbons (Fsp3) is 0.300. The molecular formula is C20H22ClN3O7S. The van der Waals surface area contributed by atoms with E-state index in [1.807, 2.05) is 0 Å². The molecule has 0 bridgehead atoms. The summed E-state index contributed by atoms with van der Waals surface area (Å²) < 4.78 is 31.4. The van der Waals surface area contributed by atoms with Crippen molar-refractivity contribution in [2.24, 2.45) is 0 Å². The van der Waals surface area contributed by atoms with Gasteiger partial charge < -0.3 is 10.1 Å². The van der Waals surface area contributed by atoms with E-state index < -0.39 is 32.9 Å². The molecule has 2 rings (SSSR count). The molecule has 32 heavy (non-hydrogen) atoms. The molecule has 0 aliphatic heterocycles. The molecule has 2 aromatic carbocycles. The van der Waals surface area contributed by atoms with Gasteiger partial charge in [-0.25, -0.2) is 13.2 Å². The number of nitrogens with zero attached hydrogens (tertiary/aromatic N) is 2. The number of nitro groups is 1. The minimum absolute atomic E-state index is 0.000252. The van der Waals surface area contributed by atoms with Crippen LogP contribution in [0, 0.1) is 10.1 Å².